The van der Waals surface area contributed by atoms with Crippen molar-refractivity contribution in [3.63, 3.8) is 0 Å². The van der Waals surface area contributed by atoms with Crippen LogP contribution >= 0.6 is 0 Å². The minimum absolute atomic E-state index is 0.0197. The van der Waals surface area contributed by atoms with Crippen molar-refractivity contribution < 1.29 is 13.6 Å². The van der Waals surface area contributed by atoms with Gasteiger partial charge in [0, 0.05) is 49.4 Å². The van der Waals surface area contributed by atoms with Crippen molar-refractivity contribution in [2.75, 3.05) is 23.3 Å². The summed E-state index contributed by atoms with van der Waals surface area (Å²) in [4.78, 5) is 30.1. The van der Waals surface area contributed by atoms with Gasteiger partial charge in [0.25, 0.3) is 5.91 Å². The molecule has 4 heterocycles. The lowest BCUT2D eigenvalue weighted by Gasteiger charge is -2.36. The van der Waals surface area contributed by atoms with Gasteiger partial charge in [0.1, 0.15) is 16.9 Å². The normalized spacial score (nSPS) is 20.4. The molecule has 37 heavy (non-hydrogen) atoms. The maximum Gasteiger partial charge on any atom is 0.257 e. The fourth-order valence-electron chi connectivity index (χ4n) is 5.18. The predicted molar refractivity (Wildman–Crippen MR) is 139 cm³/mol. The molecule has 1 amide bonds. The Morgan fingerprint density at radius 3 is 2.46 bits per heavy atom. The van der Waals surface area contributed by atoms with E-state index in [0.717, 1.165) is 38.1 Å². The van der Waals surface area contributed by atoms with Gasteiger partial charge in [-0.15, -0.1) is 0 Å². The molecule has 1 aliphatic heterocycles. The number of pyridine rings is 1. The molecule has 2 atom stereocenters. The van der Waals surface area contributed by atoms with E-state index in [1.54, 1.807) is 10.6 Å². The Balaban J connectivity index is 1.67. The van der Waals surface area contributed by atoms with Crippen molar-refractivity contribution in [3.05, 3.63) is 35.5 Å². The van der Waals surface area contributed by atoms with Crippen molar-refractivity contribution in [1.82, 2.24) is 30.0 Å². The van der Waals surface area contributed by atoms with Crippen LogP contribution < -0.4 is 20.9 Å². The molecule has 6 rings (SSSR count). The highest BCUT2D eigenvalue weighted by Crippen LogP contribution is 2.35. The van der Waals surface area contributed by atoms with Gasteiger partial charge < -0.3 is 20.9 Å². The van der Waals surface area contributed by atoms with Crippen LogP contribution in [0.15, 0.2) is 18.3 Å². The molecule has 2 fully saturated rings. The number of piperazine rings is 1. The number of hydrogen-bond acceptors (Lipinski definition) is 7. The second-order valence-corrected chi connectivity index (χ2v) is 10.6. The molecule has 9 nitrogen and oxygen atoms in total. The summed E-state index contributed by atoms with van der Waals surface area (Å²) in [7, 11) is 0. The fraction of sp³-hybridized carbons (Fsp3) is 0.462. The summed E-state index contributed by atoms with van der Waals surface area (Å²) >= 11 is 0. The van der Waals surface area contributed by atoms with Crippen molar-refractivity contribution >= 4 is 45.3 Å². The number of carbonyl (C=O) groups is 1. The molecule has 1 saturated carbocycles. The van der Waals surface area contributed by atoms with E-state index in [4.69, 9.17) is 9.97 Å². The number of carbonyl (C=O) groups excluding carboxylic acids is 1. The number of fused-ring (bicyclic) bond motifs is 5. The number of nitrogens with zero attached hydrogens (tertiary/aromatic N) is 5. The summed E-state index contributed by atoms with van der Waals surface area (Å²) in [6, 6.07) is 2.77. The van der Waals surface area contributed by atoms with Gasteiger partial charge in [-0.05, 0) is 40.5 Å². The van der Waals surface area contributed by atoms with Crippen molar-refractivity contribution in [1.29, 1.82) is 0 Å². The number of benzene rings is 1. The van der Waals surface area contributed by atoms with E-state index in [2.05, 4.69) is 39.7 Å². The number of rotatable bonds is 5. The highest BCUT2D eigenvalue weighted by molar-refractivity contribution is 6.13. The first-order chi connectivity index (χ1) is 17.7. The van der Waals surface area contributed by atoms with Gasteiger partial charge in [-0.3, -0.25) is 9.20 Å². The zero-order valence-corrected chi connectivity index (χ0v) is 21.3. The monoisotopic (exact) mass is 508 g/mol. The highest BCUT2D eigenvalue weighted by atomic mass is 19.2. The molecule has 3 N–H and O–H groups in total. The fourth-order valence-corrected chi connectivity index (χ4v) is 5.18. The molecule has 2 aliphatic rings. The van der Waals surface area contributed by atoms with Crippen LogP contribution in [0.2, 0.25) is 0 Å². The lowest BCUT2D eigenvalue weighted by molar-refractivity contribution is 0.0953. The lowest BCUT2D eigenvalue weighted by atomic mass is 10.1. The second-order valence-electron chi connectivity index (χ2n) is 10.6. The van der Waals surface area contributed by atoms with Crippen LogP contribution in [0.5, 0.6) is 0 Å². The summed E-state index contributed by atoms with van der Waals surface area (Å²) < 4.78 is 30.3. The van der Waals surface area contributed by atoms with Crippen molar-refractivity contribution in [2.45, 2.75) is 64.7 Å². The topological polar surface area (TPSA) is 99.5 Å². The molecule has 0 bridgehead atoms. The maximum absolute atomic E-state index is 14.4. The molecule has 3 aromatic heterocycles. The van der Waals surface area contributed by atoms with Gasteiger partial charge >= 0.3 is 0 Å². The van der Waals surface area contributed by atoms with Gasteiger partial charge in [0.05, 0.1) is 22.9 Å². The second kappa shape index (κ2) is 8.76. The highest BCUT2D eigenvalue weighted by Gasteiger charge is 2.31. The van der Waals surface area contributed by atoms with E-state index in [-0.39, 0.29) is 46.8 Å². The van der Waals surface area contributed by atoms with Crippen LogP contribution in [0.1, 0.15) is 50.9 Å². The molecule has 194 valence electrons. The van der Waals surface area contributed by atoms with Gasteiger partial charge in [-0.25, -0.2) is 23.7 Å². The number of nitrogens with one attached hydrogen (secondary N) is 3. The van der Waals surface area contributed by atoms with E-state index in [1.807, 2.05) is 13.8 Å². The standard InChI is InChI=1S/C26H30F2N8O/c1-12(2)30-22-21(26(37)32-15-5-6-15)24-33-18-7-16(27)17(28)8-19(18)36(24)25-23(22)29-9-20(34-25)35-10-13(3)31-14(4)11-35/h7-9,12-15,30-31H,5-6,10-11H2,1-4H3,(H,32,37). The third kappa shape index (κ3) is 4.20. The SMILES string of the molecule is CC(C)Nc1c(C(=O)NC2CC2)c2nc3cc(F)c(F)cc3n2c2nc(N3CC(C)NC(C)C3)cnc12. The Kier molecular flexibility index (Phi) is 5.63. The summed E-state index contributed by atoms with van der Waals surface area (Å²) in [5.74, 6) is -1.63. The summed E-state index contributed by atoms with van der Waals surface area (Å²) in [5, 5.41) is 9.92. The lowest BCUT2D eigenvalue weighted by Crippen LogP contribution is -2.54. The van der Waals surface area contributed by atoms with Gasteiger partial charge in [0.2, 0.25) is 0 Å². The van der Waals surface area contributed by atoms with E-state index in [9.17, 15) is 13.6 Å². The van der Waals surface area contributed by atoms with E-state index in [0.29, 0.717) is 28.2 Å². The van der Waals surface area contributed by atoms with Crippen LogP contribution in [-0.4, -0.2) is 62.5 Å². The smallest absolute Gasteiger partial charge is 0.257 e. The van der Waals surface area contributed by atoms with Gasteiger partial charge in [-0.1, -0.05) is 0 Å². The third-order valence-electron chi connectivity index (χ3n) is 6.81. The Bertz CT molecular complexity index is 1540. The Labute approximate surface area is 212 Å². The molecule has 11 heteroatoms. The van der Waals surface area contributed by atoms with E-state index >= 15 is 0 Å². The molecule has 0 radical (unpaired) electrons. The average molecular weight is 509 g/mol. The molecular weight excluding hydrogens is 478 g/mol. The number of imidazole rings is 1. The van der Waals surface area contributed by atoms with Crippen LogP contribution in [0.4, 0.5) is 20.3 Å². The largest absolute Gasteiger partial charge is 0.380 e. The maximum atomic E-state index is 14.4. The van der Waals surface area contributed by atoms with Crippen LogP contribution in [0, 0.1) is 11.6 Å². The predicted octanol–water partition coefficient (Wildman–Crippen LogP) is 3.61. The van der Waals surface area contributed by atoms with Gasteiger partial charge in [-0.2, -0.15) is 0 Å². The Hall–Kier alpha value is -3.60. The van der Waals surface area contributed by atoms with E-state index in [1.165, 1.54) is 0 Å². The first kappa shape index (κ1) is 23.8. The minimum atomic E-state index is -1.000. The number of anilines is 2. The number of aromatic nitrogens is 4. The first-order valence-corrected chi connectivity index (χ1v) is 12.8. The minimum Gasteiger partial charge on any atom is -0.380 e. The average Bonchev–Trinajstić information content (AvgIpc) is 3.57. The van der Waals surface area contributed by atoms with Crippen LogP contribution in [0.25, 0.3) is 27.8 Å². The third-order valence-corrected chi connectivity index (χ3v) is 6.81. The number of hydrogen-bond donors (Lipinski definition) is 3. The quantitative estimate of drug-likeness (QED) is 0.379. The molecule has 1 saturated heterocycles. The van der Waals surface area contributed by atoms with Crippen molar-refractivity contribution in [2.24, 2.45) is 0 Å². The van der Waals surface area contributed by atoms with Gasteiger partial charge in [0.15, 0.2) is 22.9 Å². The Morgan fingerprint density at radius 1 is 1.08 bits per heavy atom. The van der Waals surface area contributed by atoms with Crippen LogP contribution in [-0.2, 0) is 0 Å². The summed E-state index contributed by atoms with van der Waals surface area (Å²) in [5.41, 5.74) is 2.52. The molecule has 1 aromatic carbocycles. The first-order valence-electron chi connectivity index (χ1n) is 12.8. The molecule has 4 aromatic rings. The molecule has 1 aliphatic carbocycles. The summed E-state index contributed by atoms with van der Waals surface area (Å²) in [6.07, 6.45) is 3.55. The Morgan fingerprint density at radius 2 is 1.78 bits per heavy atom. The number of amides is 1. The molecule has 0 spiro atoms. The summed E-state index contributed by atoms with van der Waals surface area (Å²) in [6.45, 7) is 9.67. The van der Waals surface area contributed by atoms with Crippen molar-refractivity contribution in [3.8, 4) is 0 Å². The molecular formula is C26H30F2N8O. The zero-order chi connectivity index (χ0) is 26.0. The zero-order valence-electron chi connectivity index (χ0n) is 21.3. The van der Waals surface area contributed by atoms with E-state index < -0.39 is 11.6 Å². The van der Waals surface area contributed by atoms with Crippen LogP contribution in [0.3, 0.4) is 0 Å². The number of halogens is 2. The molecule has 2 unspecified atom stereocenters.